The van der Waals surface area contributed by atoms with Gasteiger partial charge in [0.05, 0.1) is 0 Å². The Balaban J connectivity index is 2.39. The van der Waals surface area contributed by atoms with Crippen LogP contribution in [0.15, 0.2) is 0 Å². The third kappa shape index (κ3) is 3.98. The molecular weight excluding hydrogens is 200 g/mol. The van der Waals surface area contributed by atoms with Gasteiger partial charge in [0.15, 0.2) is 5.78 Å². The highest BCUT2D eigenvalue weighted by atomic mass is 16.5. The van der Waals surface area contributed by atoms with Crippen LogP contribution in [0.4, 0.5) is 0 Å². The number of hydrogen-bond donors (Lipinski definition) is 0. The Bertz CT molecular complexity index is 246. The maximum Gasteiger partial charge on any atom is 0.161 e. The maximum absolute atomic E-state index is 12.0. The third-order valence-corrected chi connectivity index (χ3v) is 3.39. The van der Waals surface area contributed by atoms with Gasteiger partial charge in [-0.25, -0.2) is 0 Å². The lowest BCUT2D eigenvalue weighted by atomic mass is 9.83. The first-order chi connectivity index (χ1) is 7.79. The molecule has 16 heavy (non-hydrogen) atoms. The molecule has 1 unspecified atom stereocenters. The van der Waals surface area contributed by atoms with Crippen molar-refractivity contribution in [2.45, 2.75) is 57.5 Å². The number of hydrogen-bond acceptors (Lipinski definition) is 2. The van der Waals surface area contributed by atoms with Gasteiger partial charge in [0, 0.05) is 20.0 Å². The van der Waals surface area contributed by atoms with Crippen molar-refractivity contribution in [3.05, 3.63) is 0 Å². The molecule has 0 aliphatic heterocycles. The van der Waals surface area contributed by atoms with Crippen LogP contribution in [-0.4, -0.2) is 19.0 Å². The van der Waals surface area contributed by atoms with Crippen molar-refractivity contribution in [3.8, 4) is 12.3 Å². The Labute approximate surface area is 98.8 Å². The van der Waals surface area contributed by atoms with Crippen LogP contribution in [0.3, 0.4) is 0 Å². The third-order valence-electron chi connectivity index (χ3n) is 3.39. The second-order valence-electron chi connectivity index (χ2n) is 4.58. The summed E-state index contributed by atoms with van der Waals surface area (Å²) in [5.74, 6) is 3.25. The topological polar surface area (TPSA) is 26.3 Å². The van der Waals surface area contributed by atoms with E-state index in [0.717, 1.165) is 19.3 Å². The minimum Gasteiger partial charge on any atom is -0.373 e. The molecule has 2 nitrogen and oxygen atoms in total. The fraction of sp³-hybridized carbons (Fsp3) is 0.786. The van der Waals surface area contributed by atoms with Crippen molar-refractivity contribution >= 4 is 5.78 Å². The monoisotopic (exact) mass is 222 g/mol. The van der Waals surface area contributed by atoms with E-state index in [-0.39, 0.29) is 11.9 Å². The highest BCUT2D eigenvalue weighted by Gasteiger charge is 2.28. The quantitative estimate of drug-likeness (QED) is 0.510. The van der Waals surface area contributed by atoms with Crippen molar-refractivity contribution in [2.75, 3.05) is 7.11 Å². The number of Topliss-reactive ketones (excluding diaryl/α,β-unsaturated/α-hetero) is 1. The van der Waals surface area contributed by atoms with E-state index in [2.05, 4.69) is 5.92 Å². The molecule has 0 heterocycles. The van der Waals surface area contributed by atoms with Crippen LogP contribution < -0.4 is 0 Å². The molecule has 0 bridgehead atoms. The van der Waals surface area contributed by atoms with E-state index in [9.17, 15) is 4.79 Å². The van der Waals surface area contributed by atoms with Gasteiger partial charge in [-0.05, 0) is 25.2 Å². The summed E-state index contributed by atoms with van der Waals surface area (Å²) in [6.45, 7) is 0. The fourth-order valence-corrected chi connectivity index (χ4v) is 2.53. The number of ether oxygens (including phenoxy) is 1. The van der Waals surface area contributed by atoms with E-state index in [0.29, 0.717) is 18.8 Å². The molecule has 0 saturated heterocycles. The molecule has 0 radical (unpaired) electrons. The molecule has 1 aliphatic rings. The van der Waals surface area contributed by atoms with E-state index >= 15 is 0 Å². The molecule has 0 aromatic carbocycles. The van der Waals surface area contributed by atoms with Gasteiger partial charge in [-0.15, -0.1) is 12.3 Å². The maximum atomic E-state index is 12.0. The van der Waals surface area contributed by atoms with Crippen molar-refractivity contribution in [3.63, 3.8) is 0 Å². The zero-order chi connectivity index (χ0) is 11.8. The van der Waals surface area contributed by atoms with Gasteiger partial charge in [-0.1, -0.05) is 19.3 Å². The summed E-state index contributed by atoms with van der Waals surface area (Å²) in [7, 11) is 1.65. The zero-order valence-corrected chi connectivity index (χ0v) is 10.2. The summed E-state index contributed by atoms with van der Waals surface area (Å²) in [6.07, 6.45) is 13.1. The lowest BCUT2D eigenvalue weighted by Gasteiger charge is -2.28. The molecule has 0 aromatic rings. The summed E-state index contributed by atoms with van der Waals surface area (Å²) >= 11 is 0. The molecule has 1 aliphatic carbocycles. The van der Waals surface area contributed by atoms with E-state index in [4.69, 9.17) is 11.2 Å². The summed E-state index contributed by atoms with van der Waals surface area (Å²) in [5.41, 5.74) is 0. The number of unbranched alkanes of at least 4 members (excludes halogenated alkanes) is 1. The minimum absolute atomic E-state index is 0.182. The highest BCUT2D eigenvalue weighted by molar-refractivity contribution is 5.83. The molecule has 1 saturated carbocycles. The first-order valence-corrected chi connectivity index (χ1v) is 6.28. The first kappa shape index (κ1) is 13.3. The predicted octanol–water partition coefficient (Wildman–Crippen LogP) is 2.95. The van der Waals surface area contributed by atoms with Gasteiger partial charge in [-0.2, -0.15) is 0 Å². The molecule has 90 valence electrons. The van der Waals surface area contributed by atoms with Gasteiger partial charge in [0.2, 0.25) is 0 Å². The van der Waals surface area contributed by atoms with Crippen LogP contribution in [0.25, 0.3) is 0 Å². The molecular formula is C14H22O2. The summed E-state index contributed by atoms with van der Waals surface area (Å²) in [5, 5.41) is 0. The molecule has 0 amide bonds. The normalized spacial score (nSPS) is 19.0. The van der Waals surface area contributed by atoms with E-state index in [1.807, 2.05) is 0 Å². The van der Waals surface area contributed by atoms with E-state index in [1.165, 1.54) is 19.3 Å². The van der Waals surface area contributed by atoms with Crippen LogP contribution >= 0.6 is 0 Å². The summed E-state index contributed by atoms with van der Waals surface area (Å²) in [4.78, 5) is 12.0. The Morgan fingerprint density at radius 1 is 1.44 bits per heavy atom. The largest absolute Gasteiger partial charge is 0.373 e. The van der Waals surface area contributed by atoms with E-state index < -0.39 is 0 Å². The zero-order valence-electron chi connectivity index (χ0n) is 10.2. The Hall–Kier alpha value is -0.810. The molecule has 1 fully saturated rings. The van der Waals surface area contributed by atoms with Crippen molar-refractivity contribution in [1.82, 2.24) is 0 Å². The highest BCUT2D eigenvalue weighted by Crippen LogP contribution is 2.28. The number of carbonyl (C=O) groups is 1. The predicted molar refractivity (Wildman–Crippen MR) is 65.1 cm³/mol. The lowest BCUT2D eigenvalue weighted by Crippen LogP contribution is -2.32. The van der Waals surface area contributed by atoms with Crippen LogP contribution in [0.5, 0.6) is 0 Å². The van der Waals surface area contributed by atoms with Crippen molar-refractivity contribution in [1.29, 1.82) is 0 Å². The van der Waals surface area contributed by atoms with Crippen molar-refractivity contribution < 1.29 is 9.53 Å². The van der Waals surface area contributed by atoms with Crippen LogP contribution in [0.2, 0.25) is 0 Å². The van der Waals surface area contributed by atoms with Gasteiger partial charge >= 0.3 is 0 Å². The first-order valence-electron chi connectivity index (χ1n) is 6.28. The minimum atomic E-state index is -0.182. The van der Waals surface area contributed by atoms with Gasteiger partial charge in [0.1, 0.15) is 6.10 Å². The number of terminal acetylenes is 1. The second kappa shape index (κ2) is 7.46. The average molecular weight is 222 g/mol. The molecule has 0 aromatic heterocycles. The van der Waals surface area contributed by atoms with E-state index in [1.54, 1.807) is 7.11 Å². The Morgan fingerprint density at radius 3 is 2.69 bits per heavy atom. The SMILES string of the molecule is C#CCCCC(=O)C(OC)C1CCCCC1. The fourth-order valence-electron chi connectivity index (χ4n) is 2.53. The molecule has 2 heteroatoms. The number of ketones is 1. The van der Waals surface area contributed by atoms with Gasteiger partial charge in [0.25, 0.3) is 0 Å². The van der Waals surface area contributed by atoms with Gasteiger partial charge in [-0.3, -0.25) is 4.79 Å². The number of methoxy groups -OCH3 is 1. The molecule has 1 rings (SSSR count). The average Bonchev–Trinajstić information content (AvgIpc) is 2.32. The summed E-state index contributed by atoms with van der Waals surface area (Å²) in [6, 6.07) is 0. The smallest absolute Gasteiger partial charge is 0.161 e. The van der Waals surface area contributed by atoms with Crippen molar-refractivity contribution in [2.24, 2.45) is 5.92 Å². The lowest BCUT2D eigenvalue weighted by molar-refractivity contribution is -0.132. The Morgan fingerprint density at radius 2 is 2.12 bits per heavy atom. The van der Waals surface area contributed by atoms with Gasteiger partial charge < -0.3 is 4.74 Å². The summed E-state index contributed by atoms with van der Waals surface area (Å²) < 4.78 is 5.38. The molecule has 0 N–H and O–H groups in total. The molecule has 0 spiro atoms. The number of rotatable bonds is 6. The standard InChI is InChI=1S/C14H22O2/c1-3-4-6-11-13(15)14(16-2)12-9-7-5-8-10-12/h1,12,14H,4-11H2,2H3. The van der Waals surface area contributed by atoms with Crippen LogP contribution in [0.1, 0.15) is 51.4 Å². The Kier molecular flexibility index (Phi) is 6.18. The van der Waals surface area contributed by atoms with Crippen LogP contribution in [-0.2, 0) is 9.53 Å². The number of carbonyl (C=O) groups excluding carboxylic acids is 1. The van der Waals surface area contributed by atoms with Crippen LogP contribution in [0, 0.1) is 18.3 Å². The second-order valence-corrected chi connectivity index (χ2v) is 4.58. The molecule has 1 atom stereocenters.